The van der Waals surface area contributed by atoms with E-state index < -0.39 is 0 Å². The van der Waals surface area contributed by atoms with Gasteiger partial charge in [-0.3, -0.25) is 0 Å². The molecule has 0 bridgehead atoms. The molecule has 0 fully saturated rings. The molecule has 1 aromatic heterocycles. The molecule has 0 aliphatic carbocycles. The third kappa shape index (κ3) is 2.09. The Morgan fingerprint density at radius 1 is 1.17 bits per heavy atom. The fraction of sp³-hybridized carbons (Fsp3) is 0.133. The molecule has 1 N–H and O–H groups in total. The SMILES string of the molecule is Cc1ccc(O)c(Cc2nc3ccccc3s2)c1. The van der Waals surface area contributed by atoms with Crippen molar-refractivity contribution in [2.24, 2.45) is 0 Å². The maximum Gasteiger partial charge on any atom is 0.119 e. The van der Waals surface area contributed by atoms with Crippen molar-refractivity contribution in [2.75, 3.05) is 0 Å². The van der Waals surface area contributed by atoms with E-state index >= 15 is 0 Å². The fourth-order valence-electron chi connectivity index (χ4n) is 2.01. The Kier molecular flexibility index (Phi) is 2.76. The number of rotatable bonds is 2. The van der Waals surface area contributed by atoms with Crippen molar-refractivity contribution in [1.82, 2.24) is 4.98 Å². The molecule has 2 nitrogen and oxygen atoms in total. The normalized spacial score (nSPS) is 10.9. The predicted octanol–water partition coefficient (Wildman–Crippen LogP) is 3.90. The van der Waals surface area contributed by atoms with Crippen molar-refractivity contribution in [3.63, 3.8) is 0 Å². The van der Waals surface area contributed by atoms with Crippen molar-refractivity contribution in [3.05, 3.63) is 58.6 Å². The van der Waals surface area contributed by atoms with Crippen LogP contribution < -0.4 is 0 Å². The summed E-state index contributed by atoms with van der Waals surface area (Å²) in [7, 11) is 0. The Morgan fingerprint density at radius 3 is 2.83 bits per heavy atom. The van der Waals surface area contributed by atoms with Gasteiger partial charge in [-0.25, -0.2) is 4.98 Å². The molecule has 0 saturated carbocycles. The van der Waals surface area contributed by atoms with Crippen molar-refractivity contribution < 1.29 is 5.11 Å². The number of para-hydroxylation sites is 1. The Balaban J connectivity index is 1.98. The number of hydrogen-bond acceptors (Lipinski definition) is 3. The second-order valence-electron chi connectivity index (χ2n) is 4.38. The summed E-state index contributed by atoms with van der Waals surface area (Å²) in [4.78, 5) is 4.59. The number of hydrogen-bond donors (Lipinski definition) is 1. The average molecular weight is 255 g/mol. The molecule has 0 atom stereocenters. The van der Waals surface area contributed by atoms with Gasteiger partial charge in [-0.1, -0.05) is 29.8 Å². The summed E-state index contributed by atoms with van der Waals surface area (Å²) >= 11 is 1.68. The van der Waals surface area contributed by atoms with E-state index in [0.717, 1.165) is 21.7 Å². The number of benzene rings is 2. The minimum atomic E-state index is 0.347. The molecule has 3 heteroatoms. The molecule has 0 amide bonds. The molecule has 0 radical (unpaired) electrons. The highest BCUT2D eigenvalue weighted by atomic mass is 32.1. The van der Waals surface area contributed by atoms with E-state index in [1.54, 1.807) is 17.4 Å². The van der Waals surface area contributed by atoms with E-state index in [1.807, 2.05) is 37.3 Å². The van der Waals surface area contributed by atoms with Crippen LogP contribution in [0.15, 0.2) is 42.5 Å². The van der Waals surface area contributed by atoms with Crippen LogP contribution in [-0.2, 0) is 6.42 Å². The molecule has 0 spiro atoms. The van der Waals surface area contributed by atoms with Gasteiger partial charge in [-0.15, -0.1) is 11.3 Å². The fourth-order valence-corrected chi connectivity index (χ4v) is 3.00. The second-order valence-corrected chi connectivity index (χ2v) is 5.50. The highest BCUT2D eigenvalue weighted by molar-refractivity contribution is 7.18. The maximum absolute atomic E-state index is 9.85. The lowest BCUT2D eigenvalue weighted by Gasteiger charge is -2.03. The van der Waals surface area contributed by atoms with Gasteiger partial charge in [0, 0.05) is 12.0 Å². The van der Waals surface area contributed by atoms with E-state index in [9.17, 15) is 5.11 Å². The lowest BCUT2D eigenvalue weighted by Crippen LogP contribution is -1.88. The summed E-state index contributed by atoms with van der Waals surface area (Å²) in [6.07, 6.45) is 0.687. The number of aryl methyl sites for hydroxylation is 1. The van der Waals surface area contributed by atoms with Crippen LogP contribution in [0, 0.1) is 6.92 Å². The molecule has 0 aliphatic heterocycles. The van der Waals surface area contributed by atoms with Gasteiger partial charge >= 0.3 is 0 Å². The summed E-state index contributed by atoms with van der Waals surface area (Å²) in [5.41, 5.74) is 3.13. The van der Waals surface area contributed by atoms with Gasteiger partial charge < -0.3 is 5.11 Å². The summed E-state index contributed by atoms with van der Waals surface area (Å²) in [6.45, 7) is 2.03. The Labute approximate surface area is 110 Å². The third-order valence-corrected chi connectivity index (χ3v) is 3.95. The molecule has 2 aromatic carbocycles. The van der Waals surface area contributed by atoms with Gasteiger partial charge in [0.15, 0.2) is 0 Å². The number of aromatic nitrogens is 1. The van der Waals surface area contributed by atoms with Gasteiger partial charge in [-0.05, 0) is 25.1 Å². The van der Waals surface area contributed by atoms with E-state index in [2.05, 4.69) is 11.1 Å². The third-order valence-electron chi connectivity index (χ3n) is 2.91. The van der Waals surface area contributed by atoms with Crippen LogP contribution in [0.4, 0.5) is 0 Å². The van der Waals surface area contributed by atoms with Crippen LogP contribution in [-0.4, -0.2) is 10.1 Å². The smallest absolute Gasteiger partial charge is 0.119 e. The summed E-state index contributed by atoms with van der Waals surface area (Å²) in [6, 6.07) is 13.8. The predicted molar refractivity (Wildman–Crippen MR) is 75.3 cm³/mol. The Morgan fingerprint density at radius 2 is 2.00 bits per heavy atom. The standard InChI is InChI=1S/C15H13NOS/c1-10-6-7-13(17)11(8-10)9-15-16-12-4-2-3-5-14(12)18-15/h2-8,17H,9H2,1H3. The van der Waals surface area contributed by atoms with Gasteiger partial charge in [-0.2, -0.15) is 0 Å². The van der Waals surface area contributed by atoms with E-state index in [0.29, 0.717) is 12.2 Å². The quantitative estimate of drug-likeness (QED) is 0.753. The molecule has 0 aliphatic rings. The van der Waals surface area contributed by atoms with Crippen molar-refractivity contribution in [1.29, 1.82) is 0 Å². The molecule has 90 valence electrons. The lowest BCUT2D eigenvalue weighted by atomic mass is 10.1. The number of thiazole rings is 1. The molecular weight excluding hydrogens is 242 g/mol. The zero-order valence-corrected chi connectivity index (χ0v) is 10.9. The largest absolute Gasteiger partial charge is 0.508 e. The topological polar surface area (TPSA) is 33.1 Å². The zero-order chi connectivity index (χ0) is 12.5. The first-order chi connectivity index (χ1) is 8.72. The van der Waals surface area contributed by atoms with Crippen molar-refractivity contribution >= 4 is 21.6 Å². The molecule has 0 unspecified atom stereocenters. The minimum Gasteiger partial charge on any atom is -0.508 e. The summed E-state index contributed by atoms with van der Waals surface area (Å²) < 4.78 is 1.19. The van der Waals surface area contributed by atoms with E-state index in [4.69, 9.17) is 0 Å². The molecule has 18 heavy (non-hydrogen) atoms. The van der Waals surface area contributed by atoms with Crippen LogP contribution in [0.5, 0.6) is 5.75 Å². The minimum absolute atomic E-state index is 0.347. The first kappa shape index (κ1) is 11.2. The van der Waals surface area contributed by atoms with Gasteiger partial charge in [0.25, 0.3) is 0 Å². The summed E-state index contributed by atoms with van der Waals surface area (Å²) in [5.74, 6) is 0.347. The van der Waals surface area contributed by atoms with Crippen LogP contribution in [0.25, 0.3) is 10.2 Å². The first-order valence-corrected chi connectivity index (χ1v) is 6.67. The number of fused-ring (bicyclic) bond motifs is 1. The average Bonchev–Trinajstić information content (AvgIpc) is 2.76. The van der Waals surface area contributed by atoms with Gasteiger partial charge in [0.2, 0.25) is 0 Å². The number of nitrogens with zero attached hydrogens (tertiary/aromatic N) is 1. The molecule has 0 saturated heterocycles. The van der Waals surface area contributed by atoms with Gasteiger partial charge in [0.1, 0.15) is 5.75 Å². The molecule has 1 heterocycles. The zero-order valence-electron chi connectivity index (χ0n) is 10.1. The van der Waals surface area contributed by atoms with Crippen LogP contribution in [0.1, 0.15) is 16.1 Å². The molecule has 3 aromatic rings. The number of aromatic hydroxyl groups is 1. The highest BCUT2D eigenvalue weighted by Crippen LogP contribution is 2.27. The van der Waals surface area contributed by atoms with Crippen molar-refractivity contribution in [2.45, 2.75) is 13.3 Å². The number of phenolic OH excluding ortho intramolecular Hbond substituents is 1. The molecular formula is C15H13NOS. The van der Waals surface area contributed by atoms with Crippen LogP contribution >= 0.6 is 11.3 Å². The summed E-state index contributed by atoms with van der Waals surface area (Å²) in [5, 5.41) is 10.9. The second kappa shape index (κ2) is 4.42. The van der Waals surface area contributed by atoms with Crippen LogP contribution in [0.3, 0.4) is 0 Å². The number of phenols is 1. The highest BCUT2D eigenvalue weighted by Gasteiger charge is 2.07. The molecule has 3 rings (SSSR count). The first-order valence-electron chi connectivity index (χ1n) is 5.85. The maximum atomic E-state index is 9.85. The Bertz CT molecular complexity index is 670. The van der Waals surface area contributed by atoms with E-state index in [-0.39, 0.29) is 0 Å². The van der Waals surface area contributed by atoms with Crippen LogP contribution in [0.2, 0.25) is 0 Å². The Hall–Kier alpha value is -1.87. The lowest BCUT2D eigenvalue weighted by molar-refractivity contribution is 0.469. The van der Waals surface area contributed by atoms with E-state index in [1.165, 1.54) is 4.70 Å². The van der Waals surface area contributed by atoms with Crippen molar-refractivity contribution in [3.8, 4) is 5.75 Å². The monoisotopic (exact) mass is 255 g/mol. The van der Waals surface area contributed by atoms with Gasteiger partial charge in [0.05, 0.1) is 15.2 Å².